The quantitative estimate of drug-likeness (QED) is 0.922. The van der Waals surface area contributed by atoms with E-state index in [1.807, 2.05) is 11.6 Å². The summed E-state index contributed by atoms with van der Waals surface area (Å²) in [6.07, 6.45) is 3.15. The van der Waals surface area contributed by atoms with E-state index in [9.17, 15) is 5.11 Å². The van der Waals surface area contributed by atoms with E-state index in [1.165, 1.54) is 11.1 Å². The van der Waals surface area contributed by atoms with E-state index in [4.69, 9.17) is 0 Å². The van der Waals surface area contributed by atoms with Gasteiger partial charge in [-0.1, -0.05) is 22.0 Å². The highest BCUT2D eigenvalue weighted by atomic mass is 79.9. The molecule has 1 heterocycles. The Kier molecular flexibility index (Phi) is 3.93. The molecule has 0 fully saturated rings. The van der Waals surface area contributed by atoms with Gasteiger partial charge in [0.15, 0.2) is 0 Å². The summed E-state index contributed by atoms with van der Waals surface area (Å²) in [5, 5.41) is 15.5. The predicted octanol–water partition coefficient (Wildman–Crippen LogP) is 3.44. The molecule has 1 aliphatic carbocycles. The van der Waals surface area contributed by atoms with Gasteiger partial charge in [0.2, 0.25) is 0 Å². The summed E-state index contributed by atoms with van der Waals surface area (Å²) in [5.41, 5.74) is 4.13. The number of aryl methyl sites for hydroxylation is 3. The lowest BCUT2D eigenvalue weighted by molar-refractivity contribution is 0.0248. The molecule has 2 aromatic rings. The van der Waals surface area contributed by atoms with Crippen LogP contribution in [0.4, 0.5) is 0 Å². The van der Waals surface area contributed by atoms with E-state index in [1.54, 1.807) is 0 Å². The van der Waals surface area contributed by atoms with Crippen LogP contribution in [0.15, 0.2) is 28.7 Å². The number of aliphatic hydroxyl groups is 1. The summed E-state index contributed by atoms with van der Waals surface area (Å²) in [6.45, 7) is 4.95. The summed E-state index contributed by atoms with van der Waals surface area (Å²) in [7, 11) is 0. The monoisotopic (exact) mass is 348 g/mol. The van der Waals surface area contributed by atoms with E-state index >= 15 is 0 Å². The lowest BCUT2D eigenvalue weighted by Crippen LogP contribution is -2.38. The third-order valence-corrected chi connectivity index (χ3v) is 4.84. The standard InChI is InChI=1S/C17H21BrN2O/c1-3-20-16(8-12(2)19-20)11-17(21)7-6-13-9-15(18)5-4-14(13)10-17/h4-5,8-9,21H,3,6-7,10-11H2,1-2H3. The Balaban J connectivity index is 1.84. The Morgan fingerprint density at radius 2 is 2.14 bits per heavy atom. The first-order valence-corrected chi connectivity index (χ1v) is 8.31. The Labute approximate surface area is 134 Å². The first-order chi connectivity index (χ1) is 9.99. The molecule has 0 spiro atoms. The molecule has 0 aliphatic heterocycles. The number of rotatable bonds is 3. The van der Waals surface area contributed by atoms with Crippen LogP contribution in [0.3, 0.4) is 0 Å². The second-order valence-corrected chi connectivity index (χ2v) is 7.00. The molecular weight excluding hydrogens is 328 g/mol. The van der Waals surface area contributed by atoms with Gasteiger partial charge in [-0.3, -0.25) is 4.68 Å². The van der Waals surface area contributed by atoms with E-state index in [0.29, 0.717) is 6.42 Å². The molecule has 1 atom stereocenters. The smallest absolute Gasteiger partial charge is 0.0746 e. The van der Waals surface area contributed by atoms with Gasteiger partial charge >= 0.3 is 0 Å². The fourth-order valence-corrected chi connectivity index (χ4v) is 3.72. The van der Waals surface area contributed by atoms with Crippen molar-refractivity contribution in [3.8, 4) is 0 Å². The minimum Gasteiger partial charge on any atom is -0.389 e. The molecule has 0 amide bonds. The lowest BCUT2D eigenvalue weighted by atomic mass is 9.78. The van der Waals surface area contributed by atoms with E-state index in [-0.39, 0.29) is 0 Å². The Hall–Kier alpha value is -1.13. The summed E-state index contributed by atoms with van der Waals surface area (Å²) in [4.78, 5) is 0. The van der Waals surface area contributed by atoms with Crippen molar-refractivity contribution >= 4 is 15.9 Å². The van der Waals surface area contributed by atoms with Gasteiger partial charge in [0.1, 0.15) is 0 Å². The van der Waals surface area contributed by atoms with E-state index in [2.05, 4.69) is 52.2 Å². The van der Waals surface area contributed by atoms with Crippen LogP contribution in [-0.2, 0) is 25.8 Å². The average molecular weight is 349 g/mol. The maximum absolute atomic E-state index is 11.0. The van der Waals surface area contributed by atoms with Gasteiger partial charge < -0.3 is 5.11 Å². The van der Waals surface area contributed by atoms with E-state index < -0.39 is 5.60 Å². The molecule has 0 radical (unpaired) electrons. The van der Waals surface area contributed by atoms with Crippen LogP contribution in [0.25, 0.3) is 0 Å². The molecule has 1 N–H and O–H groups in total. The van der Waals surface area contributed by atoms with Crippen molar-refractivity contribution in [2.75, 3.05) is 0 Å². The third-order valence-electron chi connectivity index (χ3n) is 4.34. The summed E-state index contributed by atoms with van der Waals surface area (Å²) < 4.78 is 3.12. The molecule has 0 saturated heterocycles. The van der Waals surface area contributed by atoms with Crippen molar-refractivity contribution in [2.45, 2.75) is 51.7 Å². The number of hydrogen-bond acceptors (Lipinski definition) is 2. The van der Waals surface area contributed by atoms with Crippen LogP contribution in [0.5, 0.6) is 0 Å². The normalized spacial score (nSPS) is 21.3. The van der Waals surface area contributed by atoms with Crippen molar-refractivity contribution < 1.29 is 5.11 Å². The molecule has 112 valence electrons. The number of benzene rings is 1. The maximum atomic E-state index is 11.0. The summed E-state index contributed by atoms with van der Waals surface area (Å²) >= 11 is 3.52. The van der Waals surface area contributed by atoms with Gasteiger partial charge in [-0.15, -0.1) is 0 Å². The zero-order valence-electron chi connectivity index (χ0n) is 12.6. The molecule has 0 saturated carbocycles. The minimum absolute atomic E-state index is 0.653. The van der Waals surface area contributed by atoms with Gasteiger partial charge in [-0.05, 0) is 56.0 Å². The highest BCUT2D eigenvalue weighted by Gasteiger charge is 2.33. The van der Waals surface area contributed by atoms with Crippen molar-refractivity contribution in [2.24, 2.45) is 0 Å². The molecular formula is C17H21BrN2O. The van der Waals surface area contributed by atoms with Crippen molar-refractivity contribution in [1.82, 2.24) is 9.78 Å². The number of hydrogen-bond donors (Lipinski definition) is 1. The fraction of sp³-hybridized carbons (Fsp3) is 0.471. The fourth-order valence-electron chi connectivity index (χ4n) is 3.31. The van der Waals surface area contributed by atoms with Gasteiger partial charge in [0, 0.05) is 29.6 Å². The minimum atomic E-state index is -0.653. The first-order valence-electron chi connectivity index (χ1n) is 7.52. The van der Waals surface area contributed by atoms with Gasteiger partial charge in [0.05, 0.1) is 11.3 Å². The van der Waals surface area contributed by atoms with Crippen molar-refractivity contribution in [1.29, 1.82) is 0 Å². The third kappa shape index (κ3) is 3.06. The Bertz CT molecular complexity index is 665. The molecule has 21 heavy (non-hydrogen) atoms. The summed E-state index contributed by atoms with van der Waals surface area (Å²) in [5.74, 6) is 0. The van der Waals surface area contributed by atoms with Crippen LogP contribution in [0.1, 0.15) is 35.9 Å². The molecule has 1 unspecified atom stereocenters. The number of aromatic nitrogens is 2. The zero-order chi connectivity index (χ0) is 15.0. The van der Waals surface area contributed by atoms with Gasteiger partial charge in [0.25, 0.3) is 0 Å². The zero-order valence-corrected chi connectivity index (χ0v) is 14.2. The van der Waals surface area contributed by atoms with Gasteiger partial charge in [-0.25, -0.2) is 0 Å². The molecule has 3 nitrogen and oxygen atoms in total. The Morgan fingerprint density at radius 1 is 1.33 bits per heavy atom. The van der Waals surface area contributed by atoms with Crippen LogP contribution < -0.4 is 0 Å². The highest BCUT2D eigenvalue weighted by Crippen LogP contribution is 2.33. The average Bonchev–Trinajstić information content (AvgIpc) is 2.78. The number of fused-ring (bicyclic) bond motifs is 1. The van der Waals surface area contributed by atoms with Crippen LogP contribution in [0, 0.1) is 6.92 Å². The van der Waals surface area contributed by atoms with Crippen LogP contribution >= 0.6 is 15.9 Å². The summed E-state index contributed by atoms with van der Waals surface area (Å²) in [6, 6.07) is 8.46. The Morgan fingerprint density at radius 3 is 2.90 bits per heavy atom. The van der Waals surface area contributed by atoms with E-state index in [0.717, 1.165) is 41.7 Å². The number of nitrogens with zero attached hydrogens (tertiary/aromatic N) is 2. The van der Waals surface area contributed by atoms with Crippen LogP contribution in [0.2, 0.25) is 0 Å². The maximum Gasteiger partial charge on any atom is 0.0746 e. The van der Waals surface area contributed by atoms with Crippen molar-refractivity contribution in [3.63, 3.8) is 0 Å². The second-order valence-electron chi connectivity index (χ2n) is 6.08. The topological polar surface area (TPSA) is 38.0 Å². The molecule has 1 aliphatic rings. The molecule has 1 aromatic carbocycles. The second kappa shape index (κ2) is 5.58. The molecule has 4 heteroatoms. The molecule has 1 aromatic heterocycles. The van der Waals surface area contributed by atoms with Crippen LogP contribution in [-0.4, -0.2) is 20.5 Å². The number of halogens is 1. The SMILES string of the molecule is CCn1nc(C)cc1CC1(O)CCc2cc(Br)ccc2C1. The first kappa shape index (κ1) is 14.8. The largest absolute Gasteiger partial charge is 0.389 e. The molecule has 3 rings (SSSR count). The highest BCUT2D eigenvalue weighted by molar-refractivity contribution is 9.10. The predicted molar refractivity (Wildman–Crippen MR) is 87.5 cm³/mol. The van der Waals surface area contributed by atoms with Crippen molar-refractivity contribution in [3.05, 3.63) is 51.3 Å². The lowest BCUT2D eigenvalue weighted by Gasteiger charge is -2.33. The van der Waals surface area contributed by atoms with Gasteiger partial charge in [-0.2, -0.15) is 5.10 Å². The molecule has 0 bridgehead atoms.